The summed E-state index contributed by atoms with van der Waals surface area (Å²) >= 11 is 0. The maximum atomic E-state index is 13.1. The molecule has 0 saturated carbocycles. The third kappa shape index (κ3) is 5.66. The average molecular weight is 270 g/mol. The van der Waals surface area contributed by atoms with E-state index in [-0.39, 0.29) is 6.04 Å². The minimum Gasteiger partial charge on any atom is -0.324 e. The summed E-state index contributed by atoms with van der Waals surface area (Å²) < 4.78 is 26.2. The first kappa shape index (κ1) is 16.1. The van der Waals surface area contributed by atoms with Gasteiger partial charge in [-0.2, -0.15) is 0 Å². The number of rotatable bonds is 7. The van der Waals surface area contributed by atoms with Gasteiger partial charge < -0.3 is 10.6 Å². The van der Waals surface area contributed by atoms with Gasteiger partial charge in [0.05, 0.1) is 0 Å². The van der Waals surface area contributed by atoms with E-state index in [2.05, 4.69) is 25.7 Å². The highest BCUT2D eigenvalue weighted by atomic mass is 19.1. The second kappa shape index (κ2) is 7.56. The lowest BCUT2D eigenvalue weighted by Crippen LogP contribution is -2.30. The van der Waals surface area contributed by atoms with Gasteiger partial charge >= 0.3 is 0 Å². The fraction of sp³-hybridized carbons (Fsp3) is 0.600. The number of nitrogens with two attached hydrogens (primary N) is 1. The lowest BCUT2D eigenvalue weighted by Gasteiger charge is -2.24. The van der Waals surface area contributed by atoms with E-state index in [4.69, 9.17) is 5.73 Å². The first-order chi connectivity index (χ1) is 8.92. The summed E-state index contributed by atoms with van der Waals surface area (Å²) in [6.45, 7) is 9.27. The fourth-order valence-corrected chi connectivity index (χ4v) is 2.17. The van der Waals surface area contributed by atoms with Crippen LogP contribution in [0.2, 0.25) is 0 Å². The molecule has 0 saturated heterocycles. The Morgan fingerprint density at radius 1 is 1.16 bits per heavy atom. The standard InChI is InChI=1S/C15H24F2N2/c1-4-19(10-11(2)3)6-5-15(18)12-7-13(16)9-14(17)8-12/h7-9,11,15H,4-6,10,18H2,1-3H3. The van der Waals surface area contributed by atoms with Gasteiger partial charge in [0.15, 0.2) is 0 Å². The third-order valence-corrected chi connectivity index (χ3v) is 3.14. The fourth-order valence-electron chi connectivity index (χ4n) is 2.17. The second-order valence-corrected chi connectivity index (χ2v) is 5.39. The smallest absolute Gasteiger partial charge is 0.126 e. The first-order valence-corrected chi connectivity index (χ1v) is 6.86. The summed E-state index contributed by atoms with van der Waals surface area (Å²) in [4.78, 5) is 2.31. The van der Waals surface area contributed by atoms with Crippen LogP contribution >= 0.6 is 0 Å². The van der Waals surface area contributed by atoms with Crippen LogP contribution in [-0.2, 0) is 0 Å². The molecule has 1 rings (SSSR count). The van der Waals surface area contributed by atoms with E-state index < -0.39 is 11.6 Å². The molecule has 0 heterocycles. The SMILES string of the molecule is CCN(CCC(N)c1cc(F)cc(F)c1)CC(C)C. The molecule has 2 N–H and O–H groups in total. The van der Waals surface area contributed by atoms with Crippen LogP contribution in [0.4, 0.5) is 8.78 Å². The van der Waals surface area contributed by atoms with Crippen molar-refractivity contribution in [2.24, 2.45) is 11.7 Å². The van der Waals surface area contributed by atoms with Gasteiger partial charge in [0.1, 0.15) is 11.6 Å². The topological polar surface area (TPSA) is 29.3 Å². The maximum absolute atomic E-state index is 13.1. The average Bonchev–Trinajstić information content (AvgIpc) is 2.32. The Hall–Kier alpha value is -1.00. The van der Waals surface area contributed by atoms with Crippen LogP contribution in [0.25, 0.3) is 0 Å². The van der Waals surface area contributed by atoms with Gasteiger partial charge in [-0.15, -0.1) is 0 Å². The van der Waals surface area contributed by atoms with Crippen molar-refractivity contribution in [2.75, 3.05) is 19.6 Å². The van der Waals surface area contributed by atoms with E-state index in [0.29, 0.717) is 17.9 Å². The molecule has 19 heavy (non-hydrogen) atoms. The Bertz CT molecular complexity index is 373. The van der Waals surface area contributed by atoms with Gasteiger partial charge in [-0.1, -0.05) is 20.8 Å². The normalized spacial score (nSPS) is 13.3. The number of nitrogens with zero attached hydrogens (tertiary/aromatic N) is 1. The molecular formula is C15H24F2N2. The zero-order chi connectivity index (χ0) is 14.4. The number of halogens is 2. The number of benzene rings is 1. The molecule has 1 aromatic carbocycles. The quantitative estimate of drug-likeness (QED) is 0.823. The molecule has 0 bridgehead atoms. The van der Waals surface area contributed by atoms with E-state index in [9.17, 15) is 8.78 Å². The van der Waals surface area contributed by atoms with Crippen LogP contribution in [0.5, 0.6) is 0 Å². The lowest BCUT2D eigenvalue weighted by atomic mass is 10.0. The van der Waals surface area contributed by atoms with Gasteiger partial charge in [0, 0.05) is 18.7 Å². The first-order valence-electron chi connectivity index (χ1n) is 6.86. The second-order valence-electron chi connectivity index (χ2n) is 5.39. The van der Waals surface area contributed by atoms with E-state index in [1.54, 1.807) is 0 Å². The third-order valence-electron chi connectivity index (χ3n) is 3.14. The molecular weight excluding hydrogens is 246 g/mol. The zero-order valence-corrected chi connectivity index (χ0v) is 12.0. The van der Waals surface area contributed by atoms with Gasteiger partial charge in [0.2, 0.25) is 0 Å². The Kier molecular flexibility index (Phi) is 6.38. The summed E-state index contributed by atoms with van der Waals surface area (Å²) in [5, 5.41) is 0. The predicted octanol–water partition coefficient (Wildman–Crippen LogP) is 3.33. The zero-order valence-electron chi connectivity index (χ0n) is 12.0. The molecule has 0 radical (unpaired) electrons. The molecule has 4 heteroatoms. The lowest BCUT2D eigenvalue weighted by molar-refractivity contribution is 0.247. The maximum Gasteiger partial charge on any atom is 0.126 e. The molecule has 0 aliphatic rings. The van der Waals surface area contributed by atoms with Crippen molar-refractivity contribution in [2.45, 2.75) is 33.2 Å². The summed E-state index contributed by atoms with van der Waals surface area (Å²) in [5.41, 5.74) is 6.53. The van der Waals surface area contributed by atoms with E-state index >= 15 is 0 Å². The Morgan fingerprint density at radius 2 is 1.74 bits per heavy atom. The highest BCUT2D eigenvalue weighted by Crippen LogP contribution is 2.17. The van der Waals surface area contributed by atoms with Crippen molar-refractivity contribution in [1.29, 1.82) is 0 Å². The Balaban J connectivity index is 2.56. The molecule has 0 aliphatic carbocycles. The number of hydrogen-bond acceptors (Lipinski definition) is 2. The van der Waals surface area contributed by atoms with Crippen molar-refractivity contribution >= 4 is 0 Å². The minimum atomic E-state index is -0.569. The molecule has 1 atom stereocenters. The van der Waals surface area contributed by atoms with Crippen molar-refractivity contribution in [3.63, 3.8) is 0 Å². The number of hydrogen-bond donors (Lipinski definition) is 1. The van der Waals surface area contributed by atoms with Crippen LogP contribution in [0.15, 0.2) is 18.2 Å². The summed E-state index contributed by atoms with van der Waals surface area (Å²) in [6.07, 6.45) is 0.698. The molecule has 0 spiro atoms. The van der Waals surface area contributed by atoms with E-state index in [0.717, 1.165) is 25.7 Å². The minimum absolute atomic E-state index is 0.327. The van der Waals surface area contributed by atoms with E-state index in [1.807, 2.05) is 0 Å². The largest absolute Gasteiger partial charge is 0.324 e. The van der Waals surface area contributed by atoms with E-state index in [1.165, 1.54) is 12.1 Å². The van der Waals surface area contributed by atoms with Crippen LogP contribution in [-0.4, -0.2) is 24.5 Å². The molecule has 0 aromatic heterocycles. The molecule has 1 aromatic rings. The monoisotopic (exact) mass is 270 g/mol. The molecule has 108 valence electrons. The molecule has 0 amide bonds. The van der Waals surface area contributed by atoms with Crippen LogP contribution in [0.1, 0.15) is 38.8 Å². The summed E-state index contributed by atoms with van der Waals surface area (Å²) in [6, 6.07) is 3.16. The Labute approximate surface area is 114 Å². The van der Waals surface area contributed by atoms with Gasteiger partial charge in [0.25, 0.3) is 0 Å². The summed E-state index contributed by atoms with van der Waals surface area (Å²) in [7, 11) is 0. The molecule has 0 aliphatic heterocycles. The van der Waals surface area contributed by atoms with Crippen molar-refractivity contribution < 1.29 is 8.78 Å². The molecule has 2 nitrogen and oxygen atoms in total. The van der Waals surface area contributed by atoms with Crippen LogP contribution in [0.3, 0.4) is 0 Å². The van der Waals surface area contributed by atoms with Gasteiger partial charge in [-0.25, -0.2) is 8.78 Å². The van der Waals surface area contributed by atoms with Gasteiger partial charge in [-0.05, 0) is 43.1 Å². The van der Waals surface area contributed by atoms with Crippen molar-refractivity contribution in [1.82, 2.24) is 4.90 Å². The van der Waals surface area contributed by atoms with Crippen LogP contribution in [0, 0.1) is 17.6 Å². The van der Waals surface area contributed by atoms with Crippen molar-refractivity contribution in [3.05, 3.63) is 35.4 Å². The van der Waals surface area contributed by atoms with Gasteiger partial charge in [-0.3, -0.25) is 0 Å². The highest BCUT2D eigenvalue weighted by Gasteiger charge is 2.12. The Morgan fingerprint density at radius 3 is 2.21 bits per heavy atom. The molecule has 0 fully saturated rings. The van der Waals surface area contributed by atoms with Crippen molar-refractivity contribution in [3.8, 4) is 0 Å². The highest BCUT2D eigenvalue weighted by molar-refractivity contribution is 5.21. The molecule has 1 unspecified atom stereocenters. The van der Waals surface area contributed by atoms with Crippen LogP contribution < -0.4 is 5.73 Å². The predicted molar refractivity (Wildman–Crippen MR) is 74.9 cm³/mol. The summed E-state index contributed by atoms with van der Waals surface area (Å²) in [5.74, 6) is -0.539.